The highest BCUT2D eigenvalue weighted by molar-refractivity contribution is 5.50. The van der Waals surface area contributed by atoms with Gasteiger partial charge in [-0.05, 0) is 35.7 Å². The number of hydrogen-bond donors (Lipinski definition) is 2. The summed E-state index contributed by atoms with van der Waals surface area (Å²) < 4.78 is 0. The van der Waals surface area contributed by atoms with Crippen LogP contribution in [0.25, 0.3) is 0 Å². The van der Waals surface area contributed by atoms with Gasteiger partial charge in [0.2, 0.25) is 0 Å². The molecule has 2 nitrogen and oxygen atoms in total. The summed E-state index contributed by atoms with van der Waals surface area (Å²) in [7, 11) is 0. The normalized spacial score (nSPS) is 9.52. The Morgan fingerprint density at radius 1 is 0.524 bits per heavy atom. The molecule has 3 aromatic carbocycles. The molecule has 0 fully saturated rings. The maximum Gasteiger partial charge on any atom is 0.0334 e. The van der Waals surface area contributed by atoms with Crippen molar-refractivity contribution in [2.75, 3.05) is 11.5 Å². The van der Waals surface area contributed by atoms with E-state index in [1.165, 1.54) is 11.1 Å². The molecule has 21 heavy (non-hydrogen) atoms. The number of hydrogen-bond acceptors (Lipinski definition) is 2. The molecule has 3 aromatic rings. The first kappa shape index (κ1) is 14.7. The second-order valence-electron chi connectivity index (χ2n) is 4.82. The van der Waals surface area contributed by atoms with Gasteiger partial charge < -0.3 is 11.5 Å². The molecule has 0 unspecified atom stereocenters. The van der Waals surface area contributed by atoms with Gasteiger partial charge in [-0.3, -0.25) is 0 Å². The first-order valence-electron chi connectivity index (χ1n) is 6.93. The van der Waals surface area contributed by atoms with E-state index in [1.54, 1.807) is 18.2 Å². The van der Waals surface area contributed by atoms with E-state index in [4.69, 9.17) is 11.5 Å². The Balaban J connectivity index is 0.000000173. The first-order valence-corrected chi connectivity index (χ1v) is 6.93. The molecule has 0 saturated carbocycles. The minimum atomic E-state index is 0.713. The summed E-state index contributed by atoms with van der Waals surface area (Å²) in [5.41, 5.74) is 14.9. The predicted molar refractivity (Wildman–Crippen MR) is 91.0 cm³/mol. The minimum absolute atomic E-state index is 0.713. The summed E-state index contributed by atoms with van der Waals surface area (Å²) in [5.74, 6) is 0. The quantitative estimate of drug-likeness (QED) is 0.691. The second kappa shape index (κ2) is 7.75. The Bertz CT molecular complexity index is 594. The average molecular weight is 276 g/mol. The Kier molecular flexibility index (Phi) is 5.41. The second-order valence-corrected chi connectivity index (χ2v) is 4.82. The monoisotopic (exact) mass is 276 g/mol. The van der Waals surface area contributed by atoms with E-state index >= 15 is 0 Å². The van der Waals surface area contributed by atoms with Crippen LogP contribution in [-0.4, -0.2) is 0 Å². The molecule has 0 heterocycles. The number of nitrogens with two attached hydrogens (primary N) is 2. The van der Waals surface area contributed by atoms with Crippen LogP contribution in [0.2, 0.25) is 0 Å². The van der Waals surface area contributed by atoms with Crippen molar-refractivity contribution in [3.63, 3.8) is 0 Å². The van der Waals surface area contributed by atoms with Gasteiger partial charge in [-0.15, -0.1) is 0 Å². The molecule has 106 valence electrons. The van der Waals surface area contributed by atoms with Gasteiger partial charge in [0.1, 0.15) is 0 Å². The molecule has 0 aliphatic rings. The first-order chi connectivity index (χ1) is 10.2. The van der Waals surface area contributed by atoms with Gasteiger partial charge >= 0.3 is 0 Å². The van der Waals surface area contributed by atoms with Gasteiger partial charge in [-0.2, -0.15) is 0 Å². The molecule has 0 amide bonds. The van der Waals surface area contributed by atoms with Crippen molar-refractivity contribution in [2.45, 2.75) is 6.42 Å². The topological polar surface area (TPSA) is 52.0 Å². The number of benzene rings is 3. The van der Waals surface area contributed by atoms with E-state index in [0.29, 0.717) is 11.4 Å². The summed E-state index contributed by atoms with van der Waals surface area (Å²) in [5, 5.41) is 0. The lowest BCUT2D eigenvalue weighted by molar-refractivity contribution is 1.19. The Hall–Kier alpha value is -2.74. The van der Waals surface area contributed by atoms with E-state index in [2.05, 4.69) is 60.7 Å². The lowest BCUT2D eigenvalue weighted by Crippen LogP contribution is -1.87. The highest BCUT2D eigenvalue weighted by atomic mass is 14.6. The van der Waals surface area contributed by atoms with E-state index < -0.39 is 0 Å². The van der Waals surface area contributed by atoms with Crippen molar-refractivity contribution >= 4 is 11.4 Å². The molecule has 0 aromatic heterocycles. The maximum atomic E-state index is 5.38. The van der Waals surface area contributed by atoms with Gasteiger partial charge in [0, 0.05) is 11.4 Å². The van der Waals surface area contributed by atoms with Crippen LogP contribution in [0, 0.1) is 0 Å². The van der Waals surface area contributed by atoms with Crippen LogP contribution < -0.4 is 11.5 Å². The standard InChI is InChI=1S/C13H12.C6H8N2/c1-3-7-12(8-4-1)11-13-9-5-2-6-10-13;7-5-2-1-3-6(8)4-5/h1-10H,11H2;1-4H,7-8H2. The van der Waals surface area contributed by atoms with Gasteiger partial charge in [-0.25, -0.2) is 0 Å². The lowest BCUT2D eigenvalue weighted by atomic mass is 10.1. The summed E-state index contributed by atoms with van der Waals surface area (Å²) in [6.45, 7) is 0. The fourth-order valence-electron chi connectivity index (χ4n) is 1.99. The van der Waals surface area contributed by atoms with Gasteiger partial charge in [-0.1, -0.05) is 66.7 Å². The third-order valence-corrected chi connectivity index (χ3v) is 3.00. The zero-order valence-corrected chi connectivity index (χ0v) is 11.9. The van der Waals surface area contributed by atoms with Crippen molar-refractivity contribution in [1.82, 2.24) is 0 Å². The number of rotatable bonds is 2. The molecular weight excluding hydrogens is 256 g/mol. The summed E-state index contributed by atoms with van der Waals surface area (Å²) >= 11 is 0. The molecule has 0 spiro atoms. The Morgan fingerprint density at radius 3 is 1.29 bits per heavy atom. The fraction of sp³-hybridized carbons (Fsp3) is 0.0526. The predicted octanol–water partition coefficient (Wildman–Crippen LogP) is 4.13. The highest BCUT2D eigenvalue weighted by Gasteiger charge is 1.92. The molecule has 4 N–H and O–H groups in total. The fourth-order valence-corrected chi connectivity index (χ4v) is 1.99. The number of nitrogen functional groups attached to an aromatic ring is 2. The highest BCUT2D eigenvalue weighted by Crippen LogP contribution is 2.08. The van der Waals surface area contributed by atoms with Crippen LogP contribution in [0.1, 0.15) is 11.1 Å². The van der Waals surface area contributed by atoms with Crippen LogP contribution in [0.3, 0.4) is 0 Å². The third kappa shape index (κ3) is 5.41. The van der Waals surface area contributed by atoms with E-state index in [9.17, 15) is 0 Å². The van der Waals surface area contributed by atoms with Crippen LogP contribution in [0.4, 0.5) is 11.4 Å². The molecular formula is C19H20N2. The molecule has 0 atom stereocenters. The molecule has 3 rings (SSSR count). The minimum Gasteiger partial charge on any atom is -0.399 e. The van der Waals surface area contributed by atoms with Gasteiger partial charge in [0.25, 0.3) is 0 Å². The van der Waals surface area contributed by atoms with Gasteiger partial charge in [0.15, 0.2) is 0 Å². The lowest BCUT2D eigenvalue weighted by Gasteiger charge is -2.00. The molecule has 0 aliphatic heterocycles. The number of anilines is 2. The average Bonchev–Trinajstić information content (AvgIpc) is 2.50. The molecule has 0 saturated heterocycles. The third-order valence-electron chi connectivity index (χ3n) is 3.00. The van der Waals surface area contributed by atoms with Gasteiger partial charge in [0.05, 0.1) is 0 Å². The zero-order valence-electron chi connectivity index (χ0n) is 11.9. The van der Waals surface area contributed by atoms with Crippen LogP contribution in [0.15, 0.2) is 84.9 Å². The van der Waals surface area contributed by atoms with Crippen molar-refractivity contribution in [3.05, 3.63) is 96.1 Å². The molecule has 2 heteroatoms. The molecule has 0 aliphatic carbocycles. The van der Waals surface area contributed by atoms with E-state index in [0.717, 1.165) is 6.42 Å². The molecule has 0 radical (unpaired) electrons. The molecule has 0 bridgehead atoms. The van der Waals surface area contributed by atoms with Crippen molar-refractivity contribution in [3.8, 4) is 0 Å². The van der Waals surface area contributed by atoms with Crippen molar-refractivity contribution < 1.29 is 0 Å². The van der Waals surface area contributed by atoms with Crippen LogP contribution >= 0.6 is 0 Å². The largest absolute Gasteiger partial charge is 0.399 e. The van der Waals surface area contributed by atoms with Crippen LogP contribution in [-0.2, 0) is 6.42 Å². The van der Waals surface area contributed by atoms with Crippen molar-refractivity contribution in [2.24, 2.45) is 0 Å². The van der Waals surface area contributed by atoms with Crippen molar-refractivity contribution in [1.29, 1.82) is 0 Å². The summed E-state index contributed by atoms with van der Waals surface area (Å²) in [6.07, 6.45) is 1.03. The Labute approximate surface area is 126 Å². The zero-order chi connectivity index (χ0) is 14.9. The summed E-state index contributed by atoms with van der Waals surface area (Å²) in [6, 6.07) is 28.2. The summed E-state index contributed by atoms with van der Waals surface area (Å²) in [4.78, 5) is 0. The van der Waals surface area contributed by atoms with E-state index in [-0.39, 0.29) is 0 Å². The van der Waals surface area contributed by atoms with Crippen LogP contribution in [0.5, 0.6) is 0 Å². The maximum absolute atomic E-state index is 5.38. The smallest absolute Gasteiger partial charge is 0.0334 e. The van der Waals surface area contributed by atoms with E-state index in [1.807, 2.05) is 6.07 Å². The Morgan fingerprint density at radius 2 is 0.952 bits per heavy atom. The SMILES string of the molecule is Nc1cccc(N)c1.c1ccc(Cc2ccccc2)cc1.